The van der Waals surface area contributed by atoms with E-state index in [0.29, 0.717) is 39.2 Å². The fourth-order valence-electron chi connectivity index (χ4n) is 3.02. The van der Waals surface area contributed by atoms with E-state index in [1.165, 1.54) is 25.6 Å². The second-order valence-corrected chi connectivity index (χ2v) is 6.34. The minimum atomic E-state index is -0.538. The third kappa shape index (κ3) is 3.73. The van der Waals surface area contributed by atoms with Crippen molar-refractivity contribution in [1.29, 1.82) is 0 Å². The largest absolute Gasteiger partial charge is 0.497 e. The van der Waals surface area contributed by atoms with Gasteiger partial charge in [0.25, 0.3) is 0 Å². The molecule has 0 atom stereocenters. The summed E-state index contributed by atoms with van der Waals surface area (Å²) in [5.41, 5.74) is 1.07. The molecule has 30 heavy (non-hydrogen) atoms. The number of hydrogen-bond acceptors (Lipinski definition) is 7. The van der Waals surface area contributed by atoms with Crippen LogP contribution in [0.4, 0.5) is 0 Å². The number of nitrogens with zero attached hydrogens (tertiary/aromatic N) is 1. The van der Waals surface area contributed by atoms with Crippen molar-refractivity contribution in [3.63, 3.8) is 0 Å². The van der Waals surface area contributed by atoms with Crippen molar-refractivity contribution in [3.05, 3.63) is 83.0 Å². The van der Waals surface area contributed by atoms with E-state index in [-0.39, 0.29) is 5.75 Å². The Balaban J connectivity index is 1.70. The molecule has 4 aromatic rings. The number of esters is 1. The van der Waals surface area contributed by atoms with Crippen molar-refractivity contribution in [2.75, 3.05) is 14.2 Å². The first-order chi connectivity index (χ1) is 14.6. The molecule has 0 radical (unpaired) electrons. The van der Waals surface area contributed by atoms with Crippen LogP contribution in [0.15, 0.2) is 76.2 Å². The number of aromatic nitrogens is 1. The van der Waals surface area contributed by atoms with Crippen LogP contribution in [0.5, 0.6) is 17.2 Å². The number of rotatable bonds is 5. The van der Waals surface area contributed by atoms with Crippen LogP contribution in [0.3, 0.4) is 0 Å². The number of benzene rings is 2. The topological polar surface area (TPSA) is 87.9 Å². The maximum atomic E-state index is 12.6. The van der Waals surface area contributed by atoms with Crippen LogP contribution in [-0.2, 0) is 0 Å². The van der Waals surface area contributed by atoms with Crippen molar-refractivity contribution in [2.24, 2.45) is 0 Å². The third-order valence-electron chi connectivity index (χ3n) is 4.53. The van der Waals surface area contributed by atoms with E-state index in [1.807, 2.05) is 0 Å². The third-order valence-corrected chi connectivity index (χ3v) is 4.53. The fourth-order valence-corrected chi connectivity index (χ4v) is 3.02. The lowest BCUT2D eigenvalue weighted by Gasteiger charge is -2.10. The average Bonchev–Trinajstić information content (AvgIpc) is 2.78. The number of fused-ring (bicyclic) bond motifs is 1. The highest BCUT2D eigenvalue weighted by Gasteiger charge is 2.15. The molecular weight excluding hydrogens is 386 g/mol. The first kappa shape index (κ1) is 19.2. The summed E-state index contributed by atoms with van der Waals surface area (Å²) in [5.74, 6) is 0.839. The molecule has 2 aromatic carbocycles. The Bertz CT molecular complexity index is 1280. The van der Waals surface area contributed by atoms with Gasteiger partial charge in [-0.2, -0.15) is 0 Å². The highest BCUT2D eigenvalue weighted by atomic mass is 16.5. The standard InChI is InChI=1S/C23H17NO6/c1-27-16-5-6-18(21(12-16)28-2)19-11-15-3-4-17(13-20(15)30-23(19)26)29-22(25)14-7-9-24-10-8-14/h3-13H,1-2H3. The molecule has 0 saturated heterocycles. The fraction of sp³-hybridized carbons (Fsp3) is 0.0870. The zero-order valence-electron chi connectivity index (χ0n) is 16.2. The first-order valence-electron chi connectivity index (χ1n) is 9.01. The summed E-state index contributed by atoms with van der Waals surface area (Å²) in [6, 6.07) is 14.8. The molecule has 0 aliphatic carbocycles. The molecule has 0 saturated carbocycles. The molecule has 0 aliphatic rings. The summed E-state index contributed by atoms with van der Waals surface area (Å²) in [5, 5.41) is 0.672. The average molecular weight is 403 g/mol. The SMILES string of the molecule is COc1ccc(-c2cc3ccc(OC(=O)c4ccncc4)cc3oc2=O)c(OC)c1. The Morgan fingerprint density at radius 1 is 0.867 bits per heavy atom. The second-order valence-electron chi connectivity index (χ2n) is 6.34. The van der Waals surface area contributed by atoms with Crippen LogP contribution < -0.4 is 19.8 Å². The van der Waals surface area contributed by atoms with Gasteiger partial charge in [0, 0.05) is 35.5 Å². The molecule has 0 fully saturated rings. The van der Waals surface area contributed by atoms with Crippen LogP contribution in [0.1, 0.15) is 10.4 Å². The van der Waals surface area contributed by atoms with Gasteiger partial charge in [-0.05, 0) is 42.5 Å². The van der Waals surface area contributed by atoms with E-state index >= 15 is 0 Å². The van der Waals surface area contributed by atoms with Gasteiger partial charge in [0.15, 0.2) is 0 Å². The van der Waals surface area contributed by atoms with Crippen LogP contribution >= 0.6 is 0 Å². The Morgan fingerprint density at radius 2 is 1.63 bits per heavy atom. The van der Waals surface area contributed by atoms with Crippen LogP contribution in [0.2, 0.25) is 0 Å². The number of hydrogen-bond donors (Lipinski definition) is 0. The van der Waals surface area contributed by atoms with Gasteiger partial charge in [0.2, 0.25) is 0 Å². The Kier molecular flexibility index (Phi) is 5.17. The first-order valence-corrected chi connectivity index (χ1v) is 9.01. The second kappa shape index (κ2) is 8.08. The van der Waals surface area contributed by atoms with Gasteiger partial charge in [-0.25, -0.2) is 9.59 Å². The number of carbonyl (C=O) groups is 1. The van der Waals surface area contributed by atoms with Crippen LogP contribution in [0.25, 0.3) is 22.1 Å². The molecular formula is C23H17NO6. The molecule has 0 aliphatic heterocycles. The van der Waals surface area contributed by atoms with Gasteiger partial charge in [0.1, 0.15) is 22.8 Å². The van der Waals surface area contributed by atoms with Crippen molar-refractivity contribution in [1.82, 2.24) is 4.98 Å². The molecule has 150 valence electrons. The minimum absolute atomic E-state index is 0.266. The molecule has 2 aromatic heterocycles. The zero-order valence-corrected chi connectivity index (χ0v) is 16.2. The van der Waals surface area contributed by atoms with Gasteiger partial charge < -0.3 is 18.6 Å². The van der Waals surface area contributed by atoms with E-state index in [4.69, 9.17) is 18.6 Å². The zero-order chi connectivity index (χ0) is 21.1. The van der Waals surface area contributed by atoms with Gasteiger partial charge in [-0.1, -0.05) is 0 Å². The normalized spacial score (nSPS) is 10.6. The Labute approximate surface area is 171 Å². The van der Waals surface area contributed by atoms with Gasteiger partial charge >= 0.3 is 11.6 Å². The molecule has 0 spiro atoms. The lowest BCUT2D eigenvalue weighted by Crippen LogP contribution is -2.08. The monoisotopic (exact) mass is 403 g/mol. The van der Waals surface area contributed by atoms with E-state index < -0.39 is 11.6 Å². The summed E-state index contributed by atoms with van der Waals surface area (Å²) < 4.78 is 21.4. The summed E-state index contributed by atoms with van der Waals surface area (Å²) in [4.78, 5) is 28.7. The van der Waals surface area contributed by atoms with Crippen molar-refractivity contribution in [3.8, 4) is 28.4 Å². The number of carbonyl (C=O) groups excluding carboxylic acids is 1. The van der Waals surface area contributed by atoms with Gasteiger partial charge in [-0.3, -0.25) is 4.98 Å². The predicted molar refractivity (Wildman–Crippen MR) is 110 cm³/mol. The minimum Gasteiger partial charge on any atom is -0.497 e. The summed E-state index contributed by atoms with van der Waals surface area (Å²) in [6.45, 7) is 0. The van der Waals surface area contributed by atoms with E-state index in [2.05, 4.69) is 4.98 Å². The highest BCUT2D eigenvalue weighted by molar-refractivity contribution is 5.91. The molecule has 2 heterocycles. The van der Waals surface area contributed by atoms with Crippen LogP contribution in [0, 0.1) is 0 Å². The molecule has 7 heteroatoms. The Hall–Kier alpha value is -4.13. The number of pyridine rings is 1. The van der Waals surface area contributed by atoms with Crippen molar-refractivity contribution < 1.29 is 23.4 Å². The number of methoxy groups -OCH3 is 2. The summed E-state index contributed by atoms with van der Waals surface area (Å²) >= 11 is 0. The van der Waals surface area contributed by atoms with Gasteiger partial charge in [-0.15, -0.1) is 0 Å². The molecule has 0 unspecified atom stereocenters. The lowest BCUT2D eigenvalue weighted by atomic mass is 10.0. The van der Waals surface area contributed by atoms with Gasteiger partial charge in [0.05, 0.1) is 25.3 Å². The summed E-state index contributed by atoms with van der Waals surface area (Å²) in [7, 11) is 3.07. The molecule has 0 amide bonds. The lowest BCUT2D eigenvalue weighted by molar-refractivity contribution is 0.0735. The number of ether oxygens (including phenoxy) is 3. The Morgan fingerprint density at radius 3 is 2.37 bits per heavy atom. The smallest absolute Gasteiger partial charge is 0.344 e. The van der Waals surface area contributed by atoms with Crippen LogP contribution in [-0.4, -0.2) is 25.2 Å². The molecule has 0 N–H and O–H groups in total. The quantitative estimate of drug-likeness (QED) is 0.282. The molecule has 0 bridgehead atoms. The highest BCUT2D eigenvalue weighted by Crippen LogP contribution is 2.33. The van der Waals surface area contributed by atoms with E-state index in [1.54, 1.807) is 55.6 Å². The molecule has 7 nitrogen and oxygen atoms in total. The predicted octanol–water partition coefficient (Wildman–Crippen LogP) is 4.09. The van der Waals surface area contributed by atoms with Crippen molar-refractivity contribution >= 4 is 16.9 Å². The summed E-state index contributed by atoms with van der Waals surface area (Å²) in [6.07, 6.45) is 3.01. The van der Waals surface area contributed by atoms with E-state index in [9.17, 15) is 9.59 Å². The molecule has 4 rings (SSSR count). The van der Waals surface area contributed by atoms with E-state index in [0.717, 1.165) is 0 Å². The van der Waals surface area contributed by atoms with Crippen molar-refractivity contribution in [2.45, 2.75) is 0 Å². The maximum absolute atomic E-state index is 12.6. The maximum Gasteiger partial charge on any atom is 0.344 e.